The molecule has 0 aromatic heterocycles. The smallest absolute Gasteiger partial charge is 0.388 e. The quantitative estimate of drug-likeness (QED) is 0.0453. The van der Waals surface area contributed by atoms with Gasteiger partial charge in [-0.1, -0.05) is 39.0 Å². The third-order valence-corrected chi connectivity index (χ3v) is 7.41. The third-order valence-electron chi connectivity index (χ3n) is 6.55. The molecule has 0 saturated carbocycles. The summed E-state index contributed by atoms with van der Waals surface area (Å²) in [5.41, 5.74) is 0. The minimum Gasteiger partial charge on any atom is -0.388 e. The average molecular weight is 702 g/mol. The minimum absolute atomic E-state index is 0. The van der Waals surface area contributed by atoms with Crippen LogP contribution in [0.15, 0.2) is 0 Å². The molecular weight excluding hydrogens is 660 g/mol. The van der Waals surface area contributed by atoms with Gasteiger partial charge in [0.1, 0.15) is 48.8 Å². The molecule has 2 saturated heterocycles. The molecule has 0 aromatic carbocycles. The molecule has 2 radical (unpaired) electrons. The van der Waals surface area contributed by atoms with Crippen LogP contribution in [0.4, 0.5) is 0 Å². The van der Waals surface area contributed by atoms with E-state index in [0.717, 1.165) is 39.0 Å². The number of carbonyl (C=O) groups is 1. The van der Waals surface area contributed by atoms with E-state index < -0.39 is 101 Å². The summed E-state index contributed by atoms with van der Waals surface area (Å²) in [5, 5.41) is 45.2. The topological polar surface area (TPSA) is 274 Å². The first-order valence-electron chi connectivity index (χ1n) is 13.3. The third kappa shape index (κ3) is 15.4. The number of aliphatic hydroxyl groups excluding tert-OH is 4. The largest absolute Gasteiger partial charge is 0.397 e. The number of aliphatic hydroxyl groups is 4. The summed E-state index contributed by atoms with van der Waals surface area (Å²) in [5.74, 6) is -0.719. The Morgan fingerprint density at radius 2 is 1.25 bits per heavy atom. The maximum absolute atomic E-state index is 11.8. The van der Waals surface area contributed by atoms with E-state index in [2.05, 4.69) is 20.6 Å². The Morgan fingerprint density at radius 3 is 1.77 bits per heavy atom. The molecule has 0 bridgehead atoms. The summed E-state index contributed by atoms with van der Waals surface area (Å²) < 4.78 is 93.0. The van der Waals surface area contributed by atoms with Gasteiger partial charge in [0, 0.05) is 72.6 Å². The van der Waals surface area contributed by atoms with Gasteiger partial charge in [0.05, 0.1) is 13.2 Å². The van der Waals surface area contributed by atoms with E-state index in [1.54, 1.807) is 0 Å². The maximum Gasteiger partial charge on any atom is 0.397 e. The summed E-state index contributed by atoms with van der Waals surface area (Å²) in [6.07, 6.45) is -10.2. The summed E-state index contributed by atoms with van der Waals surface area (Å²) in [6, 6.07) is -1.54. The molecule has 7 N–H and O–H groups in total. The predicted octanol–water partition coefficient (Wildman–Crippen LogP) is -2.98. The number of ether oxygens (including phenoxy) is 4. The van der Waals surface area contributed by atoms with Crippen molar-refractivity contribution >= 4 is 85.8 Å². The van der Waals surface area contributed by atoms with Crippen LogP contribution in [0.2, 0.25) is 0 Å². The molecule has 2 fully saturated rings. The number of amides is 1. The number of nitrogens with one attached hydrogen (secondary N) is 1. The van der Waals surface area contributed by atoms with Crippen molar-refractivity contribution in [1.29, 1.82) is 0 Å². The van der Waals surface area contributed by atoms with Crippen molar-refractivity contribution in [2.45, 2.75) is 114 Å². The fourth-order valence-electron chi connectivity index (χ4n) is 4.45. The minimum atomic E-state index is -4.99. The second-order valence-electron chi connectivity index (χ2n) is 9.94. The number of hydrogen-bond acceptors (Lipinski definition) is 15. The van der Waals surface area contributed by atoms with Crippen LogP contribution in [0.25, 0.3) is 0 Å². The van der Waals surface area contributed by atoms with Crippen molar-refractivity contribution < 1.29 is 78.5 Å². The van der Waals surface area contributed by atoms with Gasteiger partial charge in [-0.05, 0) is 6.42 Å². The van der Waals surface area contributed by atoms with Crippen molar-refractivity contribution in [3.05, 3.63) is 0 Å². The van der Waals surface area contributed by atoms with Crippen LogP contribution < -0.4 is 5.32 Å². The van der Waals surface area contributed by atoms with Crippen LogP contribution in [-0.2, 0) is 52.9 Å². The Balaban J connectivity index is 0.00000924. The van der Waals surface area contributed by atoms with Crippen LogP contribution in [0.1, 0.15) is 52.4 Å². The molecular formula is C22H41NNa2O17S2. The summed E-state index contributed by atoms with van der Waals surface area (Å²) >= 11 is 0. The van der Waals surface area contributed by atoms with Gasteiger partial charge in [-0.15, -0.1) is 0 Å². The van der Waals surface area contributed by atoms with Gasteiger partial charge in [-0.2, -0.15) is 16.8 Å². The molecule has 10 atom stereocenters. The summed E-state index contributed by atoms with van der Waals surface area (Å²) in [7, 11) is -9.96. The van der Waals surface area contributed by atoms with Gasteiger partial charge >= 0.3 is 20.8 Å². The first kappa shape index (κ1) is 44.9. The molecule has 2 aliphatic rings. The predicted molar refractivity (Wildman–Crippen MR) is 150 cm³/mol. The van der Waals surface area contributed by atoms with Crippen molar-refractivity contribution in [1.82, 2.24) is 5.32 Å². The molecule has 22 heteroatoms. The number of hydrogen-bond donors (Lipinski definition) is 7. The number of carbonyl (C=O) groups excluding carboxylic acids is 1. The van der Waals surface area contributed by atoms with Crippen molar-refractivity contribution in [3.63, 3.8) is 0 Å². The first-order chi connectivity index (χ1) is 19.5. The SMILES string of the molecule is CCCCCCCCO[C@@H]1O[C@H](COS(=O)(=O)O)[C@H](O)[C@H](O[C@@H]2O[C@H](COS(=O)(=O)O)[C@@H](O)[C@H](O)[C@H]2NC(C)=O)[C@H]1O.[Na].[Na]. The molecule has 18 nitrogen and oxygen atoms in total. The van der Waals surface area contributed by atoms with E-state index in [-0.39, 0.29) is 65.7 Å². The summed E-state index contributed by atoms with van der Waals surface area (Å²) in [4.78, 5) is 11.8. The van der Waals surface area contributed by atoms with E-state index >= 15 is 0 Å². The van der Waals surface area contributed by atoms with Gasteiger partial charge in [0.2, 0.25) is 5.91 Å². The van der Waals surface area contributed by atoms with E-state index in [9.17, 15) is 42.1 Å². The zero-order valence-electron chi connectivity index (χ0n) is 25.1. The van der Waals surface area contributed by atoms with E-state index in [0.29, 0.717) is 6.42 Å². The fraction of sp³-hybridized carbons (Fsp3) is 0.955. The molecule has 44 heavy (non-hydrogen) atoms. The zero-order valence-corrected chi connectivity index (χ0v) is 30.8. The molecule has 0 aromatic rings. The molecule has 250 valence electrons. The van der Waals surface area contributed by atoms with Gasteiger partial charge in [-0.3, -0.25) is 13.9 Å². The van der Waals surface area contributed by atoms with Gasteiger partial charge in [0.25, 0.3) is 0 Å². The van der Waals surface area contributed by atoms with E-state index in [1.807, 2.05) is 0 Å². The van der Waals surface area contributed by atoms with E-state index in [1.165, 1.54) is 0 Å². The van der Waals surface area contributed by atoms with Gasteiger partial charge in [-0.25, -0.2) is 8.37 Å². The standard InChI is InChI=1S/C22H41NO17S2.2Na/c1-3-4-5-6-7-8-9-35-22-19(28)20(17(26)14(39-22)11-37-42(32,33)34)40-21-15(23-12(2)24)18(27)16(25)13(38-21)10-36-41(29,30)31;;/h13-22,25-28H,3-11H2,1-2H3,(H,23,24)(H,29,30,31)(H,32,33,34);;/t13-,14-,15-,16-,17+,18-,19-,20+,21+,22-;;/m1../s1. The average Bonchev–Trinajstić information content (AvgIpc) is 2.88. The van der Waals surface area contributed by atoms with Crippen molar-refractivity contribution in [2.24, 2.45) is 0 Å². The normalized spacial score (nSPS) is 32.7. The van der Waals surface area contributed by atoms with Crippen LogP contribution in [-0.4, -0.2) is 193 Å². The van der Waals surface area contributed by atoms with Crippen LogP contribution >= 0.6 is 0 Å². The molecule has 2 aliphatic heterocycles. The van der Waals surface area contributed by atoms with Crippen molar-refractivity contribution in [2.75, 3.05) is 19.8 Å². The van der Waals surface area contributed by atoms with Gasteiger partial charge < -0.3 is 44.7 Å². The molecule has 0 unspecified atom stereocenters. The first-order valence-corrected chi connectivity index (χ1v) is 16.1. The molecule has 1 amide bonds. The Labute approximate surface area is 300 Å². The zero-order chi connectivity index (χ0) is 31.7. The molecule has 0 spiro atoms. The molecule has 0 aliphatic carbocycles. The van der Waals surface area contributed by atoms with Crippen LogP contribution in [0.3, 0.4) is 0 Å². The summed E-state index contributed by atoms with van der Waals surface area (Å²) in [6.45, 7) is 1.30. The fourth-order valence-corrected chi connectivity index (χ4v) is 5.07. The van der Waals surface area contributed by atoms with Gasteiger partial charge in [0.15, 0.2) is 12.6 Å². The second-order valence-corrected chi connectivity index (χ2v) is 12.1. The van der Waals surface area contributed by atoms with Crippen LogP contribution in [0.5, 0.6) is 0 Å². The Bertz CT molecular complexity index is 1060. The van der Waals surface area contributed by atoms with Crippen LogP contribution in [0, 0.1) is 0 Å². The second kappa shape index (κ2) is 21.1. The van der Waals surface area contributed by atoms with E-state index in [4.69, 9.17) is 28.1 Å². The Kier molecular flexibility index (Phi) is 21.5. The molecule has 2 heterocycles. The Hall–Kier alpha value is 0.890. The monoisotopic (exact) mass is 701 g/mol. The maximum atomic E-state index is 11.8. The number of rotatable bonds is 17. The number of unbranched alkanes of at least 4 members (excludes halogenated alkanes) is 5. The van der Waals surface area contributed by atoms with Crippen molar-refractivity contribution in [3.8, 4) is 0 Å². The molecule has 2 rings (SSSR count). The Morgan fingerprint density at radius 1 is 0.750 bits per heavy atom.